The molecule has 144 valence electrons. The lowest BCUT2D eigenvalue weighted by atomic mass is 10.1. The topological polar surface area (TPSA) is 83.8 Å². The Hall–Kier alpha value is -3.03. The smallest absolute Gasteiger partial charge is 0.187 e. The maximum Gasteiger partial charge on any atom is 0.187 e. The van der Waals surface area contributed by atoms with Crippen LogP contribution >= 0.6 is 11.8 Å². The van der Waals surface area contributed by atoms with E-state index in [-0.39, 0.29) is 6.04 Å². The molecule has 2 aromatic heterocycles. The number of fused-ring (bicyclic) bond motifs is 2. The zero-order valence-electron chi connectivity index (χ0n) is 15.8. The highest BCUT2D eigenvalue weighted by Gasteiger charge is 2.31. The fourth-order valence-corrected chi connectivity index (χ4v) is 4.12. The van der Waals surface area contributed by atoms with Gasteiger partial charge in [-0.15, -0.1) is 0 Å². The summed E-state index contributed by atoms with van der Waals surface area (Å²) in [6.45, 7) is 0. The molecule has 2 heterocycles. The minimum atomic E-state index is -0.508. The summed E-state index contributed by atoms with van der Waals surface area (Å²) in [4.78, 5) is 18.3. The van der Waals surface area contributed by atoms with E-state index in [0.29, 0.717) is 28.9 Å². The van der Waals surface area contributed by atoms with Crippen molar-refractivity contribution in [3.63, 3.8) is 0 Å². The Balaban J connectivity index is 1.61. The molecular weight excluding hydrogens is 382 g/mol. The third-order valence-corrected chi connectivity index (χ3v) is 5.71. The fraction of sp³-hybridized carbons (Fsp3) is 0.182. The fourth-order valence-electron chi connectivity index (χ4n) is 3.76. The van der Waals surface area contributed by atoms with Crippen LogP contribution in [0.25, 0.3) is 22.4 Å². The average Bonchev–Trinajstić information content (AvgIpc) is 3.08. The van der Waals surface area contributed by atoms with Crippen LogP contribution in [0.2, 0.25) is 0 Å². The summed E-state index contributed by atoms with van der Waals surface area (Å²) in [5.74, 6) is 1.22. The maximum atomic E-state index is 10.7. The van der Waals surface area contributed by atoms with Gasteiger partial charge in [0.25, 0.3) is 0 Å². The van der Waals surface area contributed by atoms with E-state index in [1.54, 1.807) is 6.20 Å². The zero-order chi connectivity index (χ0) is 19.8. The van der Waals surface area contributed by atoms with Crippen LogP contribution < -0.4 is 5.32 Å². The van der Waals surface area contributed by atoms with Gasteiger partial charge in [0.05, 0.1) is 17.7 Å². The SMILES string of the molecule is CSc1nccc(-c2nc(N[C@H]3c4ccccc4C[C@H]3O)c3ccccc3n2)n1. The van der Waals surface area contributed by atoms with Gasteiger partial charge in [-0.05, 0) is 35.6 Å². The highest BCUT2D eigenvalue weighted by molar-refractivity contribution is 7.98. The molecule has 0 saturated heterocycles. The van der Waals surface area contributed by atoms with E-state index in [0.717, 1.165) is 22.0 Å². The average molecular weight is 401 g/mol. The van der Waals surface area contributed by atoms with Gasteiger partial charge in [0.1, 0.15) is 11.5 Å². The lowest BCUT2D eigenvalue weighted by Gasteiger charge is -2.20. The van der Waals surface area contributed by atoms with E-state index in [1.165, 1.54) is 11.8 Å². The first-order valence-corrected chi connectivity index (χ1v) is 10.6. The Labute approximate surface area is 172 Å². The lowest BCUT2D eigenvalue weighted by Crippen LogP contribution is -2.22. The van der Waals surface area contributed by atoms with Crippen molar-refractivity contribution >= 4 is 28.5 Å². The Morgan fingerprint density at radius 2 is 1.83 bits per heavy atom. The van der Waals surface area contributed by atoms with E-state index < -0.39 is 6.10 Å². The summed E-state index contributed by atoms with van der Waals surface area (Å²) in [6, 6.07) is 17.6. The minimum Gasteiger partial charge on any atom is -0.390 e. The number of hydrogen-bond acceptors (Lipinski definition) is 7. The van der Waals surface area contributed by atoms with E-state index >= 15 is 0 Å². The summed E-state index contributed by atoms with van der Waals surface area (Å²) in [7, 11) is 0. The maximum absolute atomic E-state index is 10.7. The van der Waals surface area contributed by atoms with Gasteiger partial charge >= 0.3 is 0 Å². The van der Waals surface area contributed by atoms with Crippen molar-refractivity contribution in [1.29, 1.82) is 0 Å². The Morgan fingerprint density at radius 3 is 2.72 bits per heavy atom. The summed E-state index contributed by atoms with van der Waals surface area (Å²) < 4.78 is 0. The van der Waals surface area contributed by atoms with Gasteiger partial charge in [0, 0.05) is 18.0 Å². The molecule has 6 nitrogen and oxygen atoms in total. The van der Waals surface area contributed by atoms with Gasteiger partial charge in [0.2, 0.25) is 0 Å². The second-order valence-electron chi connectivity index (χ2n) is 6.93. The quantitative estimate of drug-likeness (QED) is 0.397. The summed E-state index contributed by atoms with van der Waals surface area (Å²) >= 11 is 1.48. The van der Waals surface area contributed by atoms with Crippen LogP contribution in [-0.2, 0) is 6.42 Å². The van der Waals surface area contributed by atoms with E-state index in [2.05, 4.69) is 27.4 Å². The van der Waals surface area contributed by atoms with Crippen LogP contribution in [0, 0.1) is 0 Å². The van der Waals surface area contributed by atoms with Gasteiger partial charge in [-0.25, -0.2) is 19.9 Å². The first kappa shape index (κ1) is 18.0. The van der Waals surface area contributed by atoms with Crippen molar-refractivity contribution in [2.75, 3.05) is 11.6 Å². The first-order valence-electron chi connectivity index (χ1n) is 9.39. The second kappa shape index (κ2) is 7.42. The number of aliphatic hydroxyl groups excluding tert-OH is 1. The van der Waals surface area contributed by atoms with Gasteiger partial charge in [0.15, 0.2) is 11.0 Å². The molecule has 0 fully saturated rings. The molecule has 2 aromatic carbocycles. The van der Waals surface area contributed by atoms with Gasteiger partial charge < -0.3 is 10.4 Å². The number of anilines is 1. The molecule has 1 aliphatic rings. The van der Waals surface area contributed by atoms with Crippen molar-refractivity contribution in [3.05, 3.63) is 71.9 Å². The highest BCUT2D eigenvalue weighted by atomic mass is 32.2. The van der Waals surface area contributed by atoms with E-state index in [9.17, 15) is 5.11 Å². The largest absolute Gasteiger partial charge is 0.390 e. The molecule has 0 radical (unpaired) electrons. The third kappa shape index (κ3) is 3.32. The third-order valence-electron chi connectivity index (χ3n) is 5.14. The molecule has 7 heteroatoms. The normalized spacial score (nSPS) is 18.0. The van der Waals surface area contributed by atoms with Crippen LogP contribution in [0.15, 0.2) is 66.0 Å². The first-order chi connectivity index (χ1) is 14.2. The summed E-state index contributed by atoms with van der Waals surface area (Å²) in [5, 5.41) is 15.7. The number of thioether (sulfide) groups is 1. The standard InChI is InChI=1S/C22H19N5OS/c1-29-22-23-11-10-17(25-22)21-24-16-9-5-4-8-15(16)20(27-21)26-19-14-7-3-2-6-13(14)12-18(19)28/h2-11,18-19,28H,12H2,1H3,(H,24,26,27)/t18-,19+/m1/s1. The van der Waals surface area contributed by atoms with Gasteiger partial charge in [-0.3, -0.25) is 0 Å². The predicted molar refractivity (Wildman–Crippen MR) is 115 cm³/mol. The molecule has 0 amide bonds. The number of rotatable bonds is 4. The van der Waals surface area contributed by atoms with Crippen molar-refractivity contribution in [1.82, 2.24) is 19.9 Å². The number of nitrogens with one attached hydrogen (secondary N) is 1. The molecular formula is C22H19N5OS. The van der Waals surface area contributed by atoms with E-state index in [1.807, 2.05) is 48.7 Å². The van der Waals surface area contributed by atoms with Crippen LogP contribution in [-0.4, -0.2) is 37.4 Å². The molecule has 4 aromatic rings. The van der Waals surface area contributed by atoms with E-state index in [4.69, 9.17) is 9.97 Å². The number of hydrogen-bond donors (Lipinski definition) is 2. The monoisotopic (exact) mass is 401 g/mol. The molecule has 2 atom stereocenters. The Bertz CT molecular complexity index is 1200. The molecule has 0 unspecified atom stereocenters. The van der Waals surface area contributed by atoms with Crippen molar-refractivity contribution in [2.24, 2.45) is 0 Å². The number of aliphatic hydroxyl groups is 1. The van der Waals surface area contributed by atoms with Crippen LogP contribution in [0.4, 0.5) is 5.82 Å². The molecule has 0 bridgehead atoms. The number of benzene rings is 2. The summed E-state index contributed by atoms with van der Waals surface area (Å²) in [5.41, 5.74) is 3.77. The Morgan fingerprint density at radius 1 is 1.00 bits per heavy atom. The van der Waals surface area contributed by atoms with Crippen molar-refractivity contribution < 1.29 is 5.11 Å². The molecule has 29 heavy (non-hydrogen) atoms. The number of nitrogens with zero attached hydrogens (tertiary/aromatic N) is 4. The van der Waals surface area contributed by atoms with Crippen LogP contribution in [0.5, 0.6) is 0 Å². The summed E-state index contributed by atoms with van der Waals surface area (Å²) in [6.07, 6.45) is 3.78. The van der Waals surface area contributed by atoms with Crippen molar-refractivity contribution in [2.45, 2.75) is 23.7 Å². The zero-order valence-corrected chi connectivity index (χ0v) is 16.6. The van der Waals surface area contributed by atoms with Gasteiger partial charge in [-0.1, -0.05) is 48.2 Å². The lowest BCUT2D eigenvalue weighted by molar-refractivity contribution is 0.165. The predicted octanol–water partition coefficient (Wildman–Crippen LogP) is 3.88. The molecule has 5 rings (SSSR count). The number of para-hydroxylation sites is 1. The van der Waals surface area contributed by atoms with Crippen LogP contribution in [0.1, 0.15) is 17.2 Å². The van der Waals surface area contributed by atoms with Gasteiger partial charge in [-0.2, -0.15) is 0 Å². The molecule has 2 N–H and O–H groups in total. The minimum absolute atomic E-state index is 0.218. The molecule has 0 aliphatic heterocycles. The van der Waals surface area contributed by atoms with Crippen LogP contribution in [0.3, 0.4) is 0 Å². The molecule has 0 saturated carbocycles. The number of aromatic nitrogens is 4. The molecule has 1 aliphatic carbocycles. The highest BCUT2D eigenvalue weighted by Crippen LogP contribution is 2.35. The molecule has 0 spiro atoms. The second-order valence-corrected chi connectivity index (χ2v) is 7.71. The Kier molecular flexibility index (Phi) is 4.61. The van der Waals surface area contributed by atoms with Crippen molar-refractivity contribution in [3.8, 4) is 11.5 Å².